The molecule has 38 heavy (non-hydrogen) atoms. The molecule has 12 heteroatoms. The minimum absolute atomic E-state index is 0.0250. The van der Waals surface area contributed by atoms with Crippen molar-refractivity contribution in [3.63, 3.8) is 0 Å². The summed E-state index contributed by atoms with van der Waals surface area (Å²) in [5.41, 5.74) is -3.15. The third-order valence-electron chi connectivity index (χ3n) is 6.63. The van der Waals surface area contributed by atoms with Crippen LogP contribution in [0.3, 0.4) is 0 Å². The zero-order valence-electron chi connectivity index (χ0n) is 22.4. The molecule has 0 radical (unpaired) electrons. The second-order valence-electron chi connectivity index (χ2n) is 11.8. The number of carbonyl (C=O) groups is 2. The lowest BCUT2D eigenvalue weighted by Gasteiger charge is -2.24. The van der Waals surface area contributed by atoms with Crippen LogP contribution in [0.1, 0.15) is 86.2 Å². The number of hydrogen-bond donors (Lipinski definition) is 2. The summed E-state index contributed by atoms with van der Waals surface area (Å²) in [5, 5.41) is 13.0. The standard InChI is InChI=1S/C26H34F3N5O3S/c1-24(2,3)32-18-11-17(26(27,28)29)16(12-30-18)20-19(22(35)34-14-7-8-15(34)10-9-14)31-21(38-20)23(36)33(6)13-25(4,5)37/h11-12,14-15,37H,7-10,13H2,1-6H3,(H,30,32). The third-order valence-corrected chi connectivity index (χ3v) is 7.70. The van der Waals surface area contributed by atoms with Crippen molar-refractivity contribution in [2.24, 2.45) is 0 Å². The molecule has 2 N–H and O–H groups in total. The van der Waals surface area contributed by atoms with Crippen LogP contribution >= 0.6 is 11.3 Å². The molecular weight excluding hydrogens is 519 g/mol. The fourth-order valence-corrected chi connectivity index (χ4v) is 6.32. The Bertz CT molecular complexity index is 1210. The predicted molar refractivity (Wildman–Crippen MR) is 139 cm³/mol. The lowest BCUT2D eigenvalue weighted by molar-refractivity contribution is -0.137. The summed E-state index contributed by atoms with van der Waals surface area (Å²) in [6.07, 6.45) is -0.270. The first kappa shape index (κ1) is 28.3. The summed E-state index contributed by atoms with van der Waals surface area (Å²) in [4.78, 5) is 38.4. The van der Waals surface area contributed by atoms with Gasteiger partial charge in [0, 0.05) is 43.0 Å². The lowest BCUT2D eigenvalue weighted by Crippen LogP contribution is -2.39. The molecule has 0 spiro atoms. The van der Waals surface area contributed by atoms with Crippen LogP contribution in [0.25, 0.3) is 10.4 Å². The molecule has 0 unspecified atom stereocenters. The molecule has 2 aromatic rings. The fraction of sp³-hybridized carbons (Fsp3) is 0.615. The summed E-state index contributed by atoms with van der Waals surface area (Å²) in [6.45, 7) is 8.47. The van der Waals surface area contributed by atoms with Gasteiger partial charge < -0.3 is 20.2 Å². The number of halogens is 3. The maximum absolute atomic E-state index is 14.3. The van der Waals surface area contributed by atoms with Gasteiger partial charge in [0.1, 0.15) is 11.5 Å². The highest BCUT2D eigenvalue weighted by Gasteiger charge is 2.45. The molecule has 2 aliphatic rings. The van der Waals surface area contributed by atoms with Gasteiger partial charge >= 0.3 is 6.18 Å². The number of pyridine rings is 1. The Morgan fingerprint density at radius 1 is 1.13 bits per heavy atom. The minimum atomic E-state index is -4.74. The molecule has 2 amide bonds. The number of rotatable bonds is 6. The van der Waals surface area contributed by atoms with E-state index in [1.54, 1.807) is 4.90 Å². The smallest absolute Gasteiger partial charge is 0.389 e. The van der Waals surface area contributed by atoms with E-state index in [1.165, 1.54) is 25.8 Å². The summed E-state index contributed by atoms with van der Waals surface area (Å²) < 4.78 is 43.0. The van der Waals surface area contributed by atoms with Crippen molar-refractivity contribution in [3.8, 4) is 10.4 Å². The summed E-state index contributed by atoms with van der Waals surface area (Å²) in [7, 11) is 1.47. The molecule has 0 aliphatic carbocycles. The summed E-state index contributed by atoms with van der Waals surface area (Å²) in [5.74, 6) is -1.01. The number of aliphatic hydroxyl groups is 1. The van der Waals surface area contributed by atoms with E-state index in [9.17, 15) is 27.9 Å². The highest BCUT2D eigenvalue weighted by atomic mass is 32.1. The highest BCUT2D eigenvalue weighted by molar-refractivity contribution is 7.17. The Labute approximate surface area is 224 Å². The number of hydrogen-bond acceptors (Lipinski definition) is 7. The van der Waals surface area contributed by atoms with E-state index < -0.39 is 34.7 Å². The lowest BCUT2D eigenvalue weighted by atomic mass is 10.0. The van der Waals surface area contributed by atoms with Crippen molar-refractivity contribution in [2.75, 3.05) is 18.9 Å². The van der Waals surface area contributed by atoms with Crippen molar-refractivity contribution < 1.29 is 27.9 Å². The zero-order valence-corrected chi connectivity index (χ0v) is 23.3. The van der Waals surface area contributed by atoms with E-state index in [2.05, 4.69) is 15.3 Å². The number of amides is 2. The number of alkyl halides is 3. The maximum atomic E-state index is 14.3. The van der Waals surface area contributed by atoms with Gasteiger partial charge in [-0.15, -0.1) is 11.3 Å². The number of likely N-dealkylation sites (N-methyl/N-ethyl adjacent to an activating group) is 1. The Hall–Kier alpha value is -2.73. The van der Waals surface area contributed by atoms with Gasteiger partial charge in [0.25, 0.3) is 11.8 Å². The zero-order chi connectivity index (χ0) is 28.2. The fourth-order valence-electron chi connectivity index (χ4n) is 5.24. The molecule has 0 atom stereocenters. The quantitative estimate of drug-likeness (QED) is 0.520. The Morgan fingerprint density at radius 2 is 1.71 bits per heavy atom. The Kier molecular flexibility index (Phi) is 7.28. The number of thiazole rings is 1. The monoisotopic (exact) mass is 553 g/mol. The van der Waals surface area contributed by atoms with Crippen molar-refractivity contribution in [3.05, 3.63) is 28.5 Å². The van der Waals surface area contributed by atoms with Gasteiger partial charge in [-0.05, 0) is 66.4 Å². The second-order valence-corrected chi connectivity index (χ2v) is 12.8. The first-order valence-electron chi connectivity index (χ1n) is 12.6. The number of carbonyl (C=O) groups excluding carboxylic acids is 2. The Morgan fingerprint density at radius 3 is 2.21 bits per heavy atom. The molecule has 2 aromatic heterocycles. The Balaban J connectivity index is 1.83. The van der Waals surface area contributed by atoms with E-state index in [1.807, 2.05) is 20.8 Å². The molecule has 0 saturated carbocycles. The molecule has 208 valence electrons. The molecule has 2 saturated heterocycles. The first-order chi connectivity index (χ1) is 17.4. The van der Waals surface area contributed by atoms with Crippen LogP contribution in [0.5, 0.6) is 0 Å². The van der Waals surface area contributed by atoms with Gasteiger partial charge in [-0.25, -0.2) is 9.97 Å². The van der Waals surface area contributed by atoms with Gasteiger partial charge in [-0.2, -0.15) is 13.2 Å². The van der Waals surface area contributed by atoms with Crippen LogP contribution in [0, 0.1) is 0 Å². The number of fused-ring (bicyclic) bond motifs is 2. The van der Waals surface area contributed by atoms with E-state index in [0.717, 1.165) is 49.3 Å². The normalized spacial score (nSPS) is 19.7. The number of aromatic nitrogens is 2. The predicted octanol–water partition coefficient (Wildman–Crippen LogP) is 5.04. The van der Waals surface area contributed by atoms with Crippen LogP contribution in [-0.2, 0) is 6.18 Å². The summed E-state index contributed by atoms with van der Waals surface area (Å²) >= 11 is 0.742. The largest absolute Gasteiger partial charge is 0.417 e. The molecule has 4 heterocycles. The average Bonchev–Trinajstić information content (AvgIpc) is 3.49. The van der Waals surface area contributed by atoms with Gasteiger partial charge in [0.15, 0.2) is 5.01 Å². The highest BCUT2D eigenvalue weighted by Crippen LogP contribution is 2.44. The van der Waals surface area contributed by atoms with Crippen LogP contribution in [0.2, 0.25) is 0 Å². The van der Waals surface area contributed by atoms with Gasteiger partial charge in [0.05, 0.1) is 16.0 Å². The summed E-state index contributed by atoms with van der Waals surface area (Å²) in [6, 6.07) is 0.978. The number of anilines is 1. The van der Waals surface area contributed by atoms with Gasteiger partial charge in [0.2, 0.25) is 0 Å². The molecule has 0 aromatic carbocycles. The van der Waals surface area contributed by atoms with E-state index in [4.69, 9.17) is 0 Å². The second kappa shape index (κ2) is 9.78. The van der Waals surface area contributed by atoms with E-state index in [0.29, 0.717) is 0 Å². The molecule has 8 nitrogen and oxygen atoms in total. The van der Waals surface area contributed by atoms with Crippen LogP contribution in [0.4, 0.5) is 19.0 Å². The van der Waals surface area contributed by atoms with Crippen LogP contribution in [0.15, 0.2) is 12.3 Å². The minimum Gasteiger partial charge on any atom is -0.389 e. The number of nitrogens with one attached hydrogen (secondary N) is 1. The van der Waals surface area contributed by atoms with Crippen LogP contribution in [-0.4, -0.2) is 73.5 Å². The molecule has 4 rings (SSSR count). The van der Waals surface area contributed by atoms with Crippen molar-refractivity contribution in [1.29, 1.82) is 0 Å². The molecular formula is C26H34F3N5O3S. The van der Waals surface area contributed by atoms with E-state index in [-0.39, 0.29) is 45.6 Å². The molecule has 2 aliphatic heterocycles. The SMILES string of the molecule is CN(CC(C)(C)O)C(=O)c1nc(C(=O)N2C3CCC2CC3)c(-c2cnc(NC(C)(C)C)cc2C(F)(F)F)s1. The topological polar surface area (TPSA) is 98.7 Å². The average molecular weight is 554 g/mol. The first-order valence-corrected chi connectivity index (χ1v) is 13.4. The van der Waals surface area contributed by atoms with Crippen molar-refractivity contribution >= 4 is 29.0 Å². The van der Waals surface area contributed by atoms with Crippen molar-refractivity contribution in [2.45, 2.75) is 89.7 Å². The van der Waals surface area contributed by atoms with Gasteiger partial charge in [-0.3, -0.25) is 9.59 Å². The maximum Gasteiger partial charge on any atom is 0.417 e. The van der Waals surface area contributed by atoms with Crippen molar-refractivity contribution in [1.82, 2.24) is 19.8 Å². The van der Waals surface area contributed by atoms with E-state index >= 15 is 0 Å². The third kappa shape index (κ3) is 5.96. The molecule has 2 bridgehead atoms. The van der Waals surface area contributed by atoms with Gasteiger partial charge in [-0.1, -0.05) is 0 Å². The number of nitrogens with zero attached hydrogens (tertiary/aromatic N) is 4. The molecule has 2 fully saturated rings. The van der Waals surface area contributed by atoms with Crippen LogP contribution < -0.4 is 5.32 Å².